The van der Waals surface area contributed by atoms with Gasteiger partial charge >= 0.3 is 11.9 Å². The van der Waals surface area contributed by atoms with Gasteiger partial charge in [-0.1, -0.05) is 115 Å². The van der Waals surface area contributed by atoms with E-state index < -0.39 is 11.9 Å². The fourth-order valence-electron chi connectivity index (χ4n) is 5.35. The number of carbonyl (C=O) groups excluding carboxylic acids is 2. The number of hydrogen-bond donors (Lipinski definition) is 0. The number of carbonyl (C=O) groups is 2. The third-order valence-electron chi connectivity index (χ3n) is 8.28. The van der Waals surface area contributed by atoms with E-state index in [0.717, 1.165) is 36.5 Å². The van der Waals surface area contributed by atoms with Crippen molar-refractivity contribution >= 4 is 11.9 Å². The molecule has 0 N–H and O–H groups in total. The monoisotopic (exact) mass is 696 g/mol. The molecule has 8 nitrogen and oxygen atoms in total. The fourth-order valence-corrected chi connectivity index (χ4v) is 5.35. The van der Waals surface area contributed by atoms with Gasteiger partial charge in [0, 0.05) is 12.2 Å². The van der Waals surface area contributed by atoms with Crippen LogP contribution in [-0.4, -0.2) is 64.8 Å². The van der Waals surface area contributed by atoms with E-state index in [1.165, 1.54) is 101 Å². The molecule has 2 aromatic rings. The minimum absolute atomic E-state index is 0.0742. The second-order valence-electron chi connectivity index (χ2n) is 12.6. The molecule has 0 aliphatic carbocycles. The summed E-state index contributed by atoms with van der Waals surface area (Å²) < 4.78 is 32.5. The molecule has 0 unspecified atom stereocenters. The van der Waals surface area contributed by atoms with E-state index in [2.05, 4.69) is 38.1 Å². The van der Waals surface area contributed by atoms with Gasteiger partial charge in [-0.3, -0.25) is 0 Å². The van der Waals surface area contributed by atoms with E-state index in [-0.39, 0.29) is 26.4 Å². The molecule has 0 radical (unpaired) electrons. The molecule has 50 heavy (non-hydrogen) atoms. The molecule has 2 aromatic carbocycles. The summed E-state index contributed by atoms with van der Waals surface area (Å²) in [5.41, 5.74) is 2.67. The first-order valence-electron chi connectivity index (χ1n) is 19.2. The van der Waals surface area contributed by atoms with Crippen molar-refractivity contribution in [2.75, 3.05) is 52.9 Å². The number of hydrogen-bond acceptors (Lipinski definition) is 8. The van der Waals surface area contributed by atoms with Crippen molar-refractivity contribution in [1.29, 1.82) is 0 Å². The number of aryl methyl sites for hydroxylation is 2. The lowest BCUT2D eigenvalue weighted by atomic mass is 10.0. The average Bonchev–Trinajstić information content (AvgIpc) is 3.13. The second kappa shape index (κ2) is 30.5. The first-order valence-corrected chi connectivity index (χ1v) is 19.2. The molecule has 0 heterocycles. The van der Waals surface area contributed by atoms with Gasteiger partial charge in [0.2, 0.25) is 0 Å². The number of ether oxygens (including phenoxy) is 6. The number of esters is 2. The Labute approximate surface area is 302 Å². The Kier molecular flexibility index (Phi) is 26.1. The van der Waals surface area contributed by atoms with Gasteiger partial charge in [0.25, 0.3) is 0 Å². The van der Waals surface area contributed by atoms with Crippen molar-refractivity contribution in [1.82, 2.24) is 0 Å². The van der Waals surface area contributed by atoms with Crippen molar-refractivity contribution in [3.05, 3.63) is 71.8 Å². The van der Waals surface area contributed by atoms with Crippen molar-refractivity contribution in [3.63, 3.8) is 0 Å². The fraction of sp³-hybridized carbons (Fsp3) is 0.619. The molecular formula is C42H64O8. The maximum atomic E-state index is 11.8. The quantitative estimate of drug-likeness (QED) is 0.0425. The second-order valence-corrected chi connectivity index (χ2v) is 12.6. The Hall–Kier alpha value is -3.36. The van der Waals surface area contributed by atoms with Gasteiger partial charge in [-0.25, -0.2) is 9.59 Å². The van der Waals surface area contributed by atoms with E-state index in [4.69, 9.17) is 28.4 Å². The van der Waals surface area contributed by atoms with Crippen LogP contribution < -0.4 is 9.47 Å². The lowest BCUT2D eigenvalue weighted by Gasteiger charge is -2.09. The first-order chi connectivity index (χ1) is 24.6. The van der Waals surface area contributed by atoms with Crippen LogP contribution in [0.4, 0.5) is 0 Å². The highest BCUT2D eigenvalue weighted by atomic mass is 16.6. The molecule has 0 amide bonds. The molecule has 8 heteroatoms. The summed E-state index contributed by atoms with van der Waals surface area (Å²) in [6.45, 7) is 6.67. The van der Waals surface area contributed by atoms with Gasteiger partial charge in [-0.2, -0.15) is 0 Å². The molecule has 0 fully saturated rings. The van der Waals surface area contributed by atoms with Crippen LogP contribution in [0.2, 0.25) is 0 Å². The molecule has 280 valence electrons. The van der Waals surface area contributed by atoms with Gasteiger partial charge in [0.05, 0.1) is 26.4 Å². The first kappa shape index (κ1) is 42.8. The standard InChI is InChI=1S/C42H64O8/c1-3-5-7-9-11-13-15-17-37-19-23-39(24-20-37)47-33-29-45-31-35-49-41(43)27-28-42(44)50-36-32-46-30-34-48-40-25-21-38(22-26-40)18-16-14-12-10-8-6-4-2/h19-28H,3-18,29-36H2,1-2H3/b28-27+. The van der Waals surface area contributed by atoms with Crippen LogP contribution in [0.25, 0.3) is 0 Å². The molecule has 0 bridgehead atoms. The van der Waals surface area contributed by atoms with Crippen LogP contribution >= 0.6 is 0 Å². The lowest BCUT2D eigenvalue weighted by Crippen LogP contribution is -2.14. The SMILES string of the molecule is CCCCCCCCCc1ccc(OCCOCCOC(=O)/C=C/C(=O)OCCOCCOc2ccc(CCCCCCCCC)cc2)cc1. The number of unbranched alkanes of at least 4 members (excludes halogenated alkanes) is 12. The molecule has 0 spiro atoms. The Morgan fingerprint density at radius 1 is 0.440 bits per heavy atom. The van der Waals surface area contributed by atoms with Gasteiger partial charge < -0.3 is 28.4 Å². The summed E-state index contributed by atoms with van der Waals surface area (Å²) in [4.78, 5) is 23.7. The molecule has 0 saturated carbocycles. The van der Waals surface area contributed by atoms with E-state index in [9.17, 15) is 9.59 Å². The molecule has 0 aliphatic heterocycles. The summed E-state index contributed by atoms with van der Waals surface area (Å²) in [6.07, 6.45) is 22.7. The predicted octanol–water partition coefficient (Wildman–Crippen LogP) is 9.41. The Bertz CT molecular complexity index is 1040. The highest BCUT2D eigenvalue weighted by molar-refractivity contribution is 5.91. The number of benzene rings is 2. The summed E-state index contributed by atoms with van der Waals surface area (Å²) in [6, 6.07) is 16.5. The van der Waals surface area contributed by atoms with Crippen LogP contribution in [0.3, 0.4) is 0 Å². The van der Waals surface area contributed by atoms with Crippen molar-refractivity contribution in [2.24, 2.45) is 0 Å². The van der Waals surface area contributed by atoms with Gasteiger partial charge in [0.15, 0.2) is 0 Å². The zero-order chi connectivity index (χ0) is 35.7. The van der Waals surface area contributed by atoms with Crippen LogP contribution in [0.5, 0.6) is 11.5 Å². The zero-order valence-electron chi connectivity index (χ0n) is 31.0. The predicted molar refractivity (Wildman–Crippen MR) is 200 cm³/mol. The van der Waals surface area contributed by atoms with E-state index in [0.29, 0.717) is 26.4 Å². The highest BCUT2D eigenvalue weighted by Crippen LogP contribution is 2.17. The smallest absolute Gasteiger partial charge is 0.331 e. The van der Waals surface area contributed by atoms with Gasteiger partial charge in [0.1, 0.15) is 37.9 Å². The van der Waals surface area contributed by atoms with Crippen molar-refractivity contribution < 1.29 is 38.0 Å². The third kappa shape index (κ3) is 23.9. The van der Waals surface area contributed by atoms with E-state index in [1.807, 2.05) is 24.3 Å². The summed E-state index contributed by atoms with van der Waals surface area (Å²) in [5, 5.41) is 0. The largest absolute Gasteiger partial charge is 0.491 e. The van der Waals surface area contributed by atoms with E-state index >= 15 is 0 Å². The summed E-state index contributed by atoms with van der Waals surface area (Å²) in [7, 11) is 0. The molecular weight excluding hydrogens is 632 g/mol. The maximum absolute atomic E-state index is 11.8. The molecule has 0 atom stereocenters. The topological polar surface area (TPSA) is 89.5 Å². The molecule has 0 aromatic heterocycles. The molecule has 0 aliphatic rings. The molecule has 2 rings (SSSR count). The van der Waals surface area contributed by atoms with Gasteiger partial charge in [-0.05, 0) is 61.1 Å². The minimum Gasteiger partial charge on any atom is -0.491 e. The Balaban J connectivity index is 1.38. The third-order valence-corrected chi connectivity index (χ3v) is 8.28. The average molecular weight is 697 g/mol. The number of rotatable bonds is 32. The summed E-state index contributed by atoms with van der Waals surface area (Å²) >= 11 is 0. The zero-order valence-corrected chi connectivity index (χ0v) is 31.0. The normalized spacial score (nSPS) is 11.2. The highest BCUT2D eigenvalue weighted by Gasteiger charge is 2.03. The summed E-state index contributed by atoms with van der Waals surface area (Å²) in [5.74, 6) is 0.341. The van der Waals surface area contributed by atoms with Crippen LogP contribution in [-0.2, 0) is 41.4 Å². The van der Waals surface area contributed by atoms with Crippen LogP contribution in [0, 0.1) is 0 Å². The maximum Gasteiger partial charge on any atom is 0.331 e. The Morgan fingerprint density at radius 2 is 0.780 bits per heavy atom. The van der Waals surface area contributed by atoms with Crippen molar-refractivity contribution in [3.8, 4) is 11.5 Å². The van der Waals surface area contributed by atoms with Crippen molar-refractivity contribution in [2.45, 2.75) is 117 Å². The van der Waals surface area contributed by atoms with Crippen LogP contribution in [0.1, 0.15) is 115 Å². The lowest BCUT2D eigenvalue weighted by molar-refractivity contribution is -0.142. The van der Waals surface area contributed by atoms with E-state index in [1.54, 1.807) is 0 Å². The molecule has 0 saturated heterocycles. The van der Waals surface area contributed by atoms with Gasteiger partial charge in [-0.15, -0.1) is 0 Å². The van der Waals surface area contributed by atoms with Crippen LogP contribution in [0.15, 0.2) is 60.7 Å². The Morgan fingerprint density at radius 3 is 1.16 bits per heavy atom. The minimum atomic E-state index is -0.641.